The molecule has 2 atom stereocenters. The topological polar surface area (TPSA) is 66.8 Å². The molecule has 0 aromatic heterocycles. The van der Waals surface area contributed by atoms with Gasteiger partial charge in [0.2, 0.25) is 0 Å². The summed E-state index contributed by atoms with van der Waals surface area (Å²) >= 11 is 3.46. The molecule has 5 nitrogen and oxygen atoms in total. The van der Waals surface area contributed by atoms with Gasteiger partial charge in [-0.1, -0.05) is 34.1 Å². The number of carboxylic acids is 1. The fraction of sp³-hybridized carbons (Fsp3) is 0.500. The van der Waals surface area contributed by atoms with Crippen molar-refractivity contribution in [3.05, 3.63) is 34.3 Å². The Balaban J connectivity index is 2.22. The van der Waals surface area contributed by atoms with Crippen LogP contribution < -0.4 is 0 Å². The summed E-state index contributed by atoms with van der Waals surface area (Å²) in [5.41, 5.74) is 0.308. The van der Waals surface area contributed by atoms with Crippen molar-refractivity contribution >= 4 is 28.0 Å². The maximum Gasteiger partial charge on any atom is 0.410 e. The minimum atomic E-state index is -0.896. The number of aliphatic carboxylic acids is 1. The Morgan fingerprint density at radius 2 is 1.91 bits per heavy atom. The molecule has 1 aliphatic rings. The van der Waals surface area contributed by atoms with Crippen molar-refractivity contribution in [2.45, 2.75) is 32.3 Å². The van der Waals surface area contributed by atoms with Crippen molar-refractivity contribution in [1.82, 2.24) is 4.90 Å². The lowest BCUT2D eigenvalue weighted by molar-refractivity contribution is -0.141. The number of hydrogen-bond acceptors (Lipinski definition) is 3. The number of nitrogens with zero attached hydrogens (tertiary/aromatic N) is 1. The number of ether oxygens (including phenoxy) is 1. The van der Waals surface area contributed by atoms with Crippen LogP contribution in [0.25, 0.3) is 0 Å². The van der Waals surface area contributed by atoms with Gasteiger partial charge in [0.15, 0.2) is 0 Å². The molecule has 1 heterocycles. The van der Waals surface area contributed by atoms with Gasteiger partial charge >= 0.3 is 12.1 Å². The van der Waals surface area contributed by atoms with Gasteiger partial charge in [-0.2, -0.15) is 0 Å². The second kappa shape index (κ2) is 6.28. The molecule has 1 aromatic carbocycles. The summed E-state index contributed by atoms with van der Waals surface area (Å²) in [4.78, 5) is 25.2. The number of amides is 1. The van der Waals surface area contributed by atoms with Crippen molar-refractivity contribution in [2.75, 3.05) is 13.1 Å². The first kappa shape index (κ1) is 16.8. The monoisotopic (exact) mass is 369 g/mol. The first-order chi connectivity index (χ1) is 10.2. The Hall–Kier alpha value is -1.56. The lowest BCUT2D eigenvalue weighted by Crippen LogP contribution is -2.35. The molecule has 0 radical (unpaired) electrons. The van der Waals surface area contributed by atoms with Crippen LogP contribution in [0.4, 0.5) is 4.79 Å². The van der Waals surface area contributed by atoms with Crippen molar-refractivity contribution in [3.63, 3.8) is 0 Å². The van der Waals surface area contributed by atoms with Crippen LogP contribution in [-0.2, 0) is 9.53 Å². The maximum atomic E-state index is 12.2. The first-order valence-electron chi connectivity index (χ1n) is 7.14. The molecule has 120 valence electrons. The molecular weight excluding hydrogens is 350 g/mol. The summed E-state index contributed by atoms with van der Waals surface area (Å²) in [5, 5.41) is 9.47. The summed E-state index contributed by atoms with van der Waals surface area (Å²) < 4.78 is 6.21. The van der Waals surface area contributed by atoms with Crippen molar-refractivity contribution < 1.29 is 19.4 Å². The van der Waals surface area contributed by atoms with Crippen molar-refractivity contribution in [3.8, 4) is 0 Å². The fourth-order valence-electron chi connectivity index (χ4n) is 2.62. The number of hydrogen-bond donors (Lipinski definition) is 1. The minimum Gasteiger partial charge on any atom is -0.481 e. The highest BCUT2D eigenvalue weighted by Gasteiger charge is 2.42. The molecule has 0 bridgehead atoms. The first-order valence-corrected chi connectivity index (χ1v) is 7.93. The molecule has 0 saturated carbocycles. The lowest BCUT2D eigenvalue weighted by Gasteiger charge is -2.24. The molecule has 1 saturated heterocycles. The van der Waals surface area contributed by atoms with Gasteiger partial charge in [-0.25, -0.2) is 4.79 Å². The fourth-order valence-corrected chi connectivity index (χ4v) is 3.20. The van der Waals surface area contributed by atoms with Gasteiger partial charge in [-0.15, -0.1) is 0 Å². The van der Waals surface area contributed by atoms with Gasteiger partial charge in [0.1, 0.15) is 5.60 Å². The van der Waals surface area contributed by atoms with E-state index in [1.165, 1.54) is 4.90 Å². The molecule has 0 unspecified atom stereocenters. The molecule has 1 N–H and O–H groups in total. The molecule has 0 aliphatic carbocycles. The van der Waals surface area contributed by atoms with Gasteiger partial charge in [-0.3, -0.25) is 4.79 Å². The number of halogens is 1. The molecule has 1 aliphatic heterocycles. The SMILES string of the molecule is CC(C)(C)OC(=O)N1C[C@H](C(=O)O)[C@@H](c2ccccc2Br)C1. The van der Waals surface area contributed by atoms with E-state index in [1.54, 1.807) is 20.8 Å². The smallest absolute Gasteiger partial charge is 0.410 e. The van der Waals surface area contributed by atoms with E-state index < -0.39 is 23.6 Å². The number of carboxylic acid groups (broad SMARTS) is 1. The summed E-state index contributed by atoms with van der Waals surface area (Å²) in [6, 6.07) is 7.52. The van der Waals surface area contributed by atoms with E-state index in [1.807, 2.05) is 24.3 Å². The lowest BCUT2D eigenvalue weighted by atomic mass is 9.89. The van der Waals surface area contributed by atoms with Gasteiger partial charge in [0.25, 0.3) is 0 Å². The standard InChI is InChI=1S/C16H20BrNO4/c1-16(2,3)22-15(21)18-8-11(12(9-18)14(19)20)10-6-4-5-7-13(10)17/h4-7,11-12H,8-9H2,1-3H3,(H,19,20)/t11-,12+/m1/s1. The van der Waals surface area contributed by atoms with Crippen molar-refractivity contribution in [1.29, 1.82) is 0 Å². The van der Waals surface area contributed by atoms with Crippen LogP contribution >= 0.6 is 15.9 Å². The summed E-state index contributed by atoms with van der Waals surface area (Å²) in [6.45, 7) is 5.88. The predicted molar refractivity (Wildman–Crippen MR) is 85.8 cm³/mol. The highest BCUT2D eigenvalue weighted by molar-refractivity contribution is 9.10. The Kier molecular flexibility index (Phi) is 4.80. The van der Waals surface area contributed by atoms with E-state index in [0.717, 1.165) is 10.0 Å². The molecule has 0 spiro atoms. The number of likely N-dealkylation sites (tertiary alicyclic amines) is 1. The maximum absolute atomic E-state index is 12.2. The molecule has 6 heteroatoms. The Bertz CT molecular complexity index is 582. The zero-order valence-electron chi connectivity index (χ0n) is 12.9. The van der Waals surface area contributed by atoms with Crippen LogP contribution in [0, 0.1) is 5.92 Å². The van der Waals surface area contributed by atoms with Crippen LogP contribution in [0.1, 0.15) is 32.3 Å². The Labute approximate surface area is 138 Å². The van der Waals surface area contributed by atoms with Gasteiger partial charge < -0.3 is 14.7 Å². The van der Waals surface area contributed by atoms with E-state index in [0.29, 0.717) is 6.54 Å². The van der Waals surface area contributed by atoms with Crippen LogP contribution in [0.3, 0.4) is 0 Å². The van der Waals surface area contributed by atoms with Gasteiger partial charge in [0.05, 0.1) is 5.92 Å². The highest BCUT2D eigenvalue weighted by atomic mass is 79.9. The molecular formula is C16H20BrNO4. The average Bonchev–Trinajstić information content (AvgIpc) is 2.82. The summed E-state index contributed by atoms with van der Waals surface area (Å²) in [7, 11) is 0. The molecule has 1 aromatic rings. The third-order valence-corrected chi connectivity index (χ3v) is 4.32. The van der Waals surface area contributed by atoms with E-state index >= 15 is 0 Å². The van der Waals surface area contributed by atoms with E-state index in [4.69, 9.17) is 4.74 Å². The molecule has 1 amide bonds. The molecule has 22 heavy (non-hydrogen) atoms. The number of rotatable bonds is 2. The summed E-state index contributed by atoms with van der Waals surface area (Å²) in [6.07, 6.45) is -0.465. The van der Waals surface area contributed by atoms with E-state index in [9.17, 15) is 14.7 Å². The van der Waals surface area contributed by atoms with Crippen LogP contribution in [-0.4, -0.2) is 40.8 Å². The molecule has 1 fully saturated rings. The number of carbonyl (C=O) groups is 2. The van der Waals surface area contributed by atoms with Crippen LogP contribution in [0.5, 0.6) is 0 Å². The summed E-state index contributed by atoms with van der Waals surface area (Å²) in [5.74, 6) is -1.78. The third kappa shape index (κ3) is 3.80. The third-order valence-electron chi connectivity index (χ3n) is 3.59. The largest absolute Gasteiger partial charge is 0.481 e. The Morgan fingerprint density at radius 1 is 1.27 bits per heavy atom. The zero-order valence-corrected chi connectivity index (χ0v) is 14.5. The quantitative estimate of drug-likeness (QED) is 0.866. The second-order valence-corrected chi connectivity index (χ2v) is 7.31. The number of benzene rings is 1. The Morgan fingerprint density at radius 3 is 2.45 bits per heavy atom. The normalized spacial score (nSPS) is 21.7. The average molecular weight is 370 g/mol. The molecule has 2 rings (SSSR count). The predicted octanol–water partition coefficient (Wildman–Crippen LogP) is 3.48. The minimum absolute atomic E-state index is 0.163. The van der Waals surface area contributed by atoms with E-state index in [-0.39, 0.29) is 12.5 Å². The van der Waals surface area contributed by atoms with Crippen molar-refractivity contribution in [2.24, 2.45) is 5.92 Å². The van der Waals surface area contributed by atoms with Gasteiger partial charge in [-0.05, 0) is 32.4 Å². The van der Waals surface area contributed by atoms with Gasteiger partial charge in [0, 0.05) is 23.5 Å². The van der Waals surface area contributed by atoms with Crippen LogP contribution in [0.15, 0.2) is 28.7 Å². The van der Waals surface area contributed by atoms with E-state index in [2.05, 4.69) is 15.9 Å². The zero-order chi connectivity index (χ0) is 16.5. The number of carbonyl (C=O) groups excluding carboxylic acids is 1. The second-order valence-electron chi connectivity index (χ2n) is 6.46. The van der Waals surface area contributed by atoms with Crippen LogP contribution in [0.2, 0.25) is 0 Å². The highest BCUT2D eigenvalue weighted by Crippen LogP contribution is 2.37.